The van der Waals surface area contributed by atoms with Crippen LogP contribution in [0.25, 0.3) is 10.6 Å². The molecule has 28 heavy (non-hydrogen) atoms. The fraction of sp³-hybridized carbons (Fsp3) is 0.158. The second-order valence-electron chi connectivity index (χ2n) is 6.08. The number of aromatic nitrogens is 1. The van der Waals surface area contributed by atoms with Gasteiger partial charge in [-0.05, 0) is 37.6 Å². The SMILES string of the molecule is Cc1ccc(OCC(=O)NS(=O)(=O)c2csc(-c3ccc(Cl)cc3)n2)c(C)c1. The molecular formula is C19H17ClN2O4S2. The number of halogens is 1. The lowest BCUT2D eigenvalue weighted by atomic mass is 10.1. The van der Waals surface area contributed by atoms with Crippen molar-refractivity contribution in [2.75, 3.05) is 6.61 Å². The highest BCUT2D eigenvalue weighted by Crippen LogP contribution is 2.26. The predicted molar refractivity (Wildman–Crippen MR) is 109 cm³/mol. The summed E-state index contributed by atoms with van der Waals surface area (Å²) in [7, 11) is -4.08. The first-order chi connectivity index (χ1) is 13.2. The van der Waals surface area contributed by atoms with E-state index in [1.807, 2.05) is 30.7 Å². The van der Waals surface area contributed by atoms with Gasteiger partial charge in [0.1, 0.15) is 10.8 Å². The fourth-order valence-corrected chi connectivity index (χ4v) is 4.64. The molecule has 0 aliphatic rings. The number of amides is 1. The molecule has 0 spiro atoms. The maximum Gasteiger partial charge on any atom is 0.282 e. The van der Waals surface area contributed by atoms with Crippen LogP contribution in [0.4, 0.5) is 0 Å². The van der Waals surface area contributed by atoms with Crippen molar-refractivity contribution in [1.29, 1.82) is 0 Å². The number of nitrogens with one attached hydrogen (secondary N) is 1. The number of hydrogen-bond acceptors (Lipinski definition) is 6. The molecule has 1 amide bonds. The minimum absolute atomic E-state index is 0.220. The third-order valence-electron chi connectivity index (χ3n) is 3.79. The first-order valence-electron chi connectivity index (χ1n) is 8.22. The normalized spacial score (nSPS) is 11.2. The van der Waals surface area contributed by atoms with Crippen molar-refractivity contribution in [1.82, 2.24) is 9.71 Å². The number of rotatable bonds is 6. The number of carbonyl (C=O) groups excluding carboxylic acids is 1. The summed E-state index contributed by atoms with van der Waals surface area (Å²) in [4.78, 5) is 16.2. The van der Waals surface area contributed by atoms with Crippen molar-refractivity contribution in [3.05, 3.63) is 64.0 Å². The van der Waals surface area contributed by atoms with E-state index in [4.69, 9.17) is 16.3 Å². The van der Waals surface area contributed by atoms with Gasteiger partial charge < -0.3 is 4.74 Å². The number of ether oxygens (including phenoxy) is 1. The smallest absolute Gasteiger partial charge is 0.282 e. The zero-order valence-corrected chi connectivity index (χ0v) is 17.5. The number of benzene rings is 2. The first kappa shape index (κ1) is 20.3. The summed E-state index contributed by atoms with van der Waals surface area (Å²) in [6, 6.07) is 12.4. The summed E-state index contributed by atoms with van der Waals surface area (Å²) in [5.74, 6) is -0.252. The molecule has 0 fully saturated rings. The average Bonchev–Trinajstić information content (AvgIpc) is 3.12. The van der Waals surface area contributed by atoms with Crippen LogP contribution in [0.1, 0.15) is 11.1 Å². The molecule has 1 heterocycles. The Kier molecular flexibility index (Phi) is 6.02. The van der Waals surface area contributed by atoms with E-state index in [2.05, 4.69) is 4.98 Å². The molecular weight excluding hydrogens is 420 g/mol. The summed E-state index contributed by atoms with van der Waals surface area (Å²) in [6.45, 7) is 3.38. The van der Waals surface area contributed by atoms with Crippen molar-refractivity contribution >= 4 is 38.9 Å². The lowest BCUT2D eigenvalue weighted by molar-refractivity contribution is -0.121. The van der Waals surface area contributed by atoms with Crippen molar-refractivity contribution in [3.8, 4) is 16.3 Å². The third kappa shape index (κ3) is 4.89. The number of aryl methyl sites for hydroxylation is 2. The van der Waals surface area contributed by atoms with Crippen LogP contribution in [-0.2, 0) is 14.8 Å². The highest BCUT2D eigenvalue weighted by molar-refractivity contribution is 7.90. The molecule has 2 aromatic carbocycles. The van der Waals surface area contributed by atoms with Gasteiger partial charge in [-0.1, -0.05) is 41.4 Å². The Bertz CT molecular complexity index is 1110. The molecule has 0 saturated carbocycles. The lowest BCUT2D eigenvalue weighted by Gasteiger charge is -2.09. The van der Waals surface area contributed by atoms with E-state index in [-0.39, 0.29) is 5.03 Å². The van der Waals surface area contributed by atoms with Crippen LogP contribution >= 0.6 is 22.9 Å². The zero-order valence-electron chi connectivity index (χ0n) is 15.1. The van der Waals surface area contributed by atoms with Crippen LogP contribution in [0.2, 0.25) is 5.02 Å². The number of thiazole rings is 1. The number of hydrogen-bond donors (Lipinski definition) is 1. The molecule has 3 aromatic rings. The summed E-state index contributed by atoms with van der Waals surface area (Å²) >= 11 is 7.01. The molecule has 0 radical (unpaired) electrons. The van der Waals surface area contributed by atoms with Gasteiger partial charge in [0.05, 0.1) is 0 Å². The molecule has 0 saturated heterocycles. The Morgan fingerprint density at radius 2 is 1.89 bits per heavy atom. The Morgan fingerprint density at radius 1 is 1.18 bits per heavy atom. The molecule has 0 aliphatic heterocycles. The van der Waals surface area contributed by atoms with E-state index in [1.54, 1.807) is 30.3 Å². The molecule has 146 valence electrons. The number of sulfonamides is 1. The van der Waals surface area contributed by atoms with Crippen LogP contribution in [0, 0.1) is 13.8 Å². The molecule has 1 aromatic heterocycles. The van der Waals surface area contributed by atoms with Crippen LogP contribution in [0.15, 0.2) is 52.9 Å². The van der Waals surface area contributed by atoms with E-state index >= 15 is 0 Å². The van der Waals surface area contributed by atoms with Gasteiger partial charge in [-0.2, -0.15) is 8.42 Å². The van der Waals surface area contributed by atoms with E-state index < -0.39 is 22.5 Å². The Hall–Kier alpha value is -2.42. The van der Waals surface area contributed by atoms with Crippen molar-refractivity contribution in [3.63, 3.8) is 0 Å². The first-order valence-corrected chi connectivity index (χ1v) is 11.0. The summed E-state index contributed by atoms with van der Waals surface area (Å²) < 4.78 is 32.2. The minimum atomic E-state index is -4.08. The predicted octanol–water partition coefficient (Wildman–Crippen LogP) is 3.96. The van der Waals surface area contributed by atoms with E-state index in [0.29, 0.717) is 15.8 Å². The lowest BCUT2D eigenvalue weighted by Crippen LogP contribution is -2.34. The van der Waals surface area contributed by atoms with Gasteiger partial charge >= 0.3 is 0 Å². The molecule has 0 bridgehead atoms. The highest BCUT2D eigenvalue weighted by Gasteiger charge is 2.22. The van der Waals surface area contributed by atoms with Crippen LogP contribution in [0.5, 0.6) is 5.75 Å². The van der Waals surface area contributed by atoms with Gasteiger partial charge in [0.15, 0.2) is 11.6 Å². The molecule has 1 N–H and O–H groups in total. The monoisotopic (exact) mass is 436 g/mol. The highest BCUT2D eigenvalue weighted by atomic mass is 35.5. The fourth-order valence-electron chi connectivity index (χ4n) is 2.44. The van der Waals surface area contributed by atoms with Gasteiger partial charge in [0.25, 0.3) is 15.9 Å². The zero-order chi connectivity index (χ0) is 20.3. The average molecular weight is 437 g/mol. The van der Waals surface area contributed by atoms with E-state index in [9.17, 15) is 13.2 Å². The van der Waals surface area contributed by atoms with Gasteiger partial charge in [-0.3, -0.25) is 4.79 Å². The van der Waals surface area contributed by atoms with E-state index in [1.165, 1.54) is 5.38 Å². The third-order valence-corrected chi connectivity index (χ3v) is 6.34. The molecule has 0 unspecified atom stereocenters. The van der Waals surface area contributed by atoms with Gasteiger partial charge in [0.2, 0.25) is 0 Å². The largest absolute Gasteiger partial charge is 0.483 e. The summed E-state index contributed by atoms with van der Waals surface area (Å²) in [5.41, 5.74) is 2.67. The van der Waals surface area contributed by atoms with Crippen LogP contribution in [0.3, 0.4) is 0 Å². The second kappa shape index (κ2) is 8.30. The van der Waals surface area contributed by atoms with E-state index in [0.717, 1.165) is 28.0 Å². The minimum Gasteiger partial charge on any atom is -0.483 e. The van der Waals surface area contributed by atoms with Gasteiger partial charge in [-0.25, -0.2) is 9.71 Å². The Morgan fingerprint density at radius 3 is 2.57 bits per heavy atom. The van der Waals surface area contributed by atoms with Crippen LogP contribution < -0.4 is 9.46 Å². The van der Waals surface area contributed by atoms with Gasteiger partial charge in [0, 0.05) is 16.0 Å². The molecule has 0 atom stereocenters. The maximum atomic E-state index is 12.4. The standard InChI is InChI=1S/C19H17ClN2O4S2/c1-12-3-8-16(13(2)9-12)26-10-17(23)22-28(24,25)18-11-27-19(21-18)14-4-6-15(20)7-5-14/h3-9,11H,10H2,1-2H3,(H,22,23). The van der Waals surface area contributed by atoms with Crippen molar-refractivity contribution in [2.24, 2.45) is 0 Å². The topological polar surface area (TPSA) is 85.4 Å². The maximum absolute atomic E-state index is 12.4. The Labute approximate surface area is 172 Å². The van der Waals surface area contributed by atoms with Crippen molar-refractivity contribution < 1.29 is 17.9 Å². The Balaban J connectivity index is 1.66. The number of nitrogens with zero attached hydrogens (tertiary/aromatic N) is 1. The second-order valence-corrected chi connectivity index (χ2v) is 9.01. The molecule has 3 rings (SSSR count). The molecule has 6 nitrogen and oxygen atoms in total. The molecule has 9 heteroatoms. The van der Waals surface area contributed by atoms with Gasteiger partial charge in [-0.15, -0.1) is 11.3 Å². The van der Waals surface area contributed by atoms with Crippen LogP contribution in [-0.4, -0.2) is 25.9 Å². The molecule has 0 aliphatic carbocycles. The van der Waals surface area contributed by atoms with Crippen molar-refractivity contribution in [2.45, 2.75) is 18.9 Å². The number of carbonyl (C=O) groups is 1. The summed E-state index contributed by atoms with van der Waals surface area (Å²) in [5, 5.41) is 2.24. The quantitative estimate of drug-likeness (QED) is 0.632. The summed E-state index contributed by atoms with van der Waals surface area (Å²) in [6.07, 6.45) is 0.